The number of amides is 1. The van der Waals surface area contributed by atoms with Crippen molar-refractivity contribution in [2.45, 2.75) is 53.2 Å². The van der Waals surface area contributed by atoms with Crippen LogP contribution in [0.3, 0.4) is 0 Å². The Hall–Kier alpha value is -1.36. The Labute approximate surface area is 122 Å². The van der Waals surface area contributed by atoms with Gasteiger partial charge in [0.25, 0.3) is 5.91 Å². The van der Waals surface area contributed by atoms with Gasteiger partial charge in [-0.2, -0.15) is 5.10 Å². The predicted molar refractivity (Wildman–Crippen MR) is 81.8 cm³/mol. The quantitative estimate of drug-likeness (QED) is 0.834. The summed E-state index contributed by atoms with van der Waals surface area (Å²) >= 11 is 0. The highest BCUT2D eigenvalue weighted by atomic mass is 16.2. The maximum absolute atomic E-state index is 11.9. The smallest absolute Gasteiger partial charge is 0.273 e. The molecular weight excluding hydrogens is 252 g/mol. The van der Waals surface area contributed by atoms with Gasteiger partial charge in [0.2, 0.25) is 0 Å². The van der Waals surface area contributed by atoms with E-state index in [0.29, 0.717) is 11.7 Å². The third-order valence-corrected chi connectivity index (χ3v) is 3.40. The van der Waals surface area contributed by atoms with E-state index in [0.717, 1.165) is 31.7 Å². The van der Waals surface area contributed by atoms with Crippen LogP contribution >= 0.6 is 0 Å². The lowest BCUT2D eigenvalue weighted by atomic mass is 10.2. The first-order chi connectivity index (χ1) is 9.49. The van der Waals surface area contributed by atoms with Gasteiger partial charge in [0.15, 0.2) is 5.69 Å². The van der Waals surface area contributed by atoms with Gasteiger partial charge >= 0.3 is 0 Å². The molecule has 0 atom stereocenters. The first-order valence-corrected chi connectivity index (χ1v) is 7.51. The van der Waals surface area contributed by atoms with Crippen molar-refractivity contribution in [2.24, 2.45) is 0 Å². The zero-order valence-electron chi connectivity index (χ0n) is 13.7. The number of fused-ring (bicyclic) bond motifs is 1. The van der Waals surface area contributed by atoms with Crippen molar-refractivity contribution in [2.75, 3.05) is 20.6 Å². The second-order valence-corrected chi connectivity index (χ2v) is 5.36. The first-order valence-electron chi connectivity index (χ1n) is 7.51. The highest BCUT2D eigenvalue weighted by molar-refractivity contribution is 5.92. The molecule has 0 radical (unpaired) electrons. The molecule has 2 heterocycles. The second-order valence-electron chi connectivity index (χ2n) is 5.36. The van der Waals surface area contributed by atoms with E-state index in [1.165, 1.54) is 0 Å². The van der Waals surface area contributed by atoms with E-state index in [9.17, 15) is 4.79 Å². The second kappa shape index (κ2) is 7.43. The largest absolute Gasteiger partial charge is 0.343 e. The van der Waals surface area contributed by atoms with Crippen LogP contribution in [-0.2, 0) is 13.1 Å². The molecule has 1 aromatic heterocycles. The summed E-state index contributed by atoms with van der Waals surface area (Å²) in [6.07, 6.45) is 1.09. The fraction of sp³-hybridized carbons (Fsp3) is 0.733. The molecule has 0 aromatic carbocycles. The molecule has 0 unspecified atom stereocenters. The molecule has 1 amide bonds. The fourth-order valence-electron chi connectivity index (χ4n) is 2.26. The van der Waals surface area contributed by atoms with Crippen LogP contribution in [0.1, 0.15) is 50.3 Å². The number of aromatic nitrogens is 2. The van der Waals surface area contributed by atoms with Crippen molar-refractivity contribution in [3.05, 3.63) is 17.5 Å². The van der Waals surface area contributed by atoms with Crippen LogP contribution in [0.4, 0.5) is 0 Å². The molecular formula is C15H28N4O. The van der Waals surface area contributed by atoms with Gasteiger partial charge in [0, 0.05) is 39.8 Å². The van der Waals surface area contributed by atoms with Crippen molar-refractivity contribution < 1.29 is 4.79 Å². The van der Waals surface area contributed by atoms with Crippen molar-refractivity contribution in [1.82, 2.24) is 19.6 Å². The number of hydrogen-bond donors (Lipinski definition) is 0. The van der Waals surface area contributed by atoms with Gasteiger partial charge in [-0.25, -0.2) is 0 Å². The van der Waals surface area contributed by atoms with E-state index in [1.807, 2.05) is 24.6 Å². The maximum atomic E-state index is 11.9. The summed E-state index contributed by atoms with van der Waals surface area (Å²) in [5.41, 5.74) is 1.70. The minimum absolute atomic E-state index is 0.0216. The molecule has 0 saturated carbocycles. The van der Waals surface area contributed by atoms with Crippen molar-refractivity contribution in [3.63, 3.8) is 0 Å². The fourth-order valence-corrected chi connectivity index (χ4v) is 2.26. The number of rotatable bonds is 2. The molecule has 5 heteroatoms. The Morgan fingerprint density at radius 1 is 1.30 bits per heavy atom. The van der Waals surface area contributed by atoms with Crippen LogP contribution in [0, 0.1) is 0 Å². The highest BCUT2D eigenvalue weighted by Gasteiger charge is 2.21. The average molecular weight is 280 g/mol. The molecule has 1 aliphatic rings. The van der Waals surface area contributed by atoms with Gasteiger partial charge in [0.05, 0.1) is 5.69 Å². The van der Waals surface area contributed by atoms with E-state index >= 15 is 0 Å². The van der Waals surface area contributed by atoms with Gasteiger partial charge in [-0.1, -0.05) is 13.8 Å². The Morgan fingerprint density at radius 3 is 2.50 bits per heavy atom. The molecule has 114 valence electrons. The Bertz CT molecular complexity index is 437. The molecule has 20 heavy (non-hydrogen) atoms. The first kappa shape index (κ1) is 16.7. The van der Waals surface area contributed by atoms with Crippen LogP contribution < -0.4 is 0 Å². The third kappa shape index (κ3) is 3.82. The monoisotopic (exact) mass is 280 g/mol. The molecule has 2 rings (SSSR count). The Kier molecular flexibility index (Phi) is 6.20. The normalized spacial score (nSPS) is 15.2. The van der Waals surface area contributed by atoms with Crippen LogP contribution in [0.15, 0.2) is 6.07 Å². The summed E-state index contributed by atoms with van der Waals surface area (Å²) < 4.78 is 1.99. The van der Waals surface area contributed by atoms with Gasteiger partial charge in [-0.15, -0.1) is 0 Å². The number of hydrogen-bond acceptors (Lipinski definition) is 3. The topological polar surface area (TPSA) is 41.4 Å². The third-order valence-electron chi connectivity index (χ3n) is 3.40. The van der Waals surface area contributed by atoms with Gasteiger partial charge in [-0.3, -0.25) is 14.4 Å². The van der Waals surface area contributed by atoms with Gasteiger partial charge in [-0.05, 0) is 26.3 Å². The average Bonchev–Trinajstić information content (AvgIpc) is 2.71. The van der Waals surface area contributed by atoms with Crippen molar-refractivity contribution in [1.29, 1.82) is 0 Å². The molecule has 0 spiro atoms. The lowest BCUT2D eigenvalue weighted by Gasteiger charge is -2.23. The minimum atomic E-state index is -0.0216. The zero-order valence-corrected chi connectivity index (χ0v) is 13.7. The zero-order chi connectivity index (χ0) is 15.3. The van der Waals surface area contributed by atoms with Crippen LogP contribution in [0.2, 0.25) is 0 Å². The molecule has 0 aliphatic carbocycles. The van der Waals surface area contributed by atoms with E-state index in [2.05, 4.69) is 23.8 Å². The van der Waals surface area contributed by atoms with Crippen LogP contribution in [0.5, 0.6) is 0 Å². The maximum Gasteiger partial charge on any atom is 0.273 e. The standard InChI is InChI=1S/C13H22N4O.C2H6/c1-10(2)16-6-5-7-17-11(9-16)8-12(14-17)13(18)15(3)4;1-2/h8,10H,5-7,9H2,1-4H3;1-2H3. The number of carbonyl (C=O) groups is 1. The molecule has 0 N–H and O–H groups in total. The summed E-state index contributed by atoms with van der Waals surface area (Å²) in [5, 5.41) is 4.42. The molecule has 0 bridgehead atoms. The number of aryl methyl sites for hydroxylation is 1. The number of nitrogens with zero attached hydrogens (tertiary/aromatic N) is 4. The van der Waals surface area contributed by atoms with Gasteiger partial charge < -0.3 is 4.90 Å². The van der Waals surface area contributed by atoms with Crippen LogP contribution in [-0.4, -0.2) is 52.2 Å². The van der Waals surface area contributed by atoms with E-state index in [1.54, 1.807) is 19.0 Å². The van der Waals surface area contributed by atoms with Crippen molar-refractivity contribution >= 4 is 5.91 Å². The summed E-state index contributed by atoms with van der Waals surface area (Å²) in [4.78, 5) is 15.9. The lowest BCUT2D eigenvalue weighted by molar-refractivity contribution is 0.0821. The molecule has 0 saturated heterocycles. The van der Waals surface area contributed by atoms with E-state index in [4.69, 9.17) is 0 Å². The predicted octanol–water partition coefficient (Wildman–Crippen LogP) is 2.23. The Morgan fingerprint density at radius 2 is 1.95 bits per heavy atom. The highest BCUT2D eigenvalue weighted by Crippen LogP contribution is 2.16. The molecule has 1 aliphatic heterocycles. The van der Waals surface area contributed by atoms with Crippen LogP contribution in [0.25, 0.3) is 0 Å². The summed E-state index contributed by atoms with van der Waals surface area (Å²) in [5.74, 6) is -0.0216. The SMILES string of the molecule is CC.CC(C)N1CCCn2nc(C(=O)N(C)C)cc2C1. The summed E-state index contributed by atoms with van der Waals surface area (Å²) in [7, 11) is 3.51. The molecule has 0 fully saturated rings. The molecule has 1 aromatic rings. The van der Waals surface area contributed by atoms with E-state index in [-0.39, 0.29) is 5.91 Å². The minimum Gasteiger partial charge on any atom is -0.343 e. The molecule has 5 nitrogen and oxygen atoms in total. The lowest BCUT2D eigenvalue weighted by Crippen LogP contribution is -2.30. The summed E-state index contributed by atoms with van der Waals surface area (Å²) in [6.45, 7) is 11.3. The van der Waals surface area contributed by atoms with Gasteiger partial charge in [0.1, 0.15) is 0 Å². The van der Waals surface area contributed by atoms with E-state index < -0.39 is 0 Å². The van der Waals surface area contributed by atoms with Crippen molar-refractivity contribution in [3.8, 4) is 0 Å². The summed E-state index contributed by atoms with van der Waals surface area (Å²) in [6, 6.07) is 2.46. The Balaban J connectivity index is 0.000000956. The number of carbonyl (C=O) groups excluding carboxylic acids is 1.